The van der Waals surface area contributed by atoms with Crippen LogP contribution in [0, 0.1) is 0 Å². The monoisotopic (exact) mass is 241 g/mol. The molecule has 1 heterocycles. The van der Waals surface area contributed by atoms with Gasteiger partial charge in [0.05, 0.1) is 12.7 Å². The van der Waals surface area contributed by atoms with Crippen LogP contribution in [0.4, 0.5) is 0 Å². The molecule has 1 aliphatic rings. The molecular weight excluding hydrogens is 226 g/mol. The van der Waals surface area contributed by atoms with Gasteiger partial charge in [0.15, 0.2) is 0 Å². The molecule has 2 rings (SSSR count). The average molecular weight is 242 g/mol. The molecule has 0 amide bonds. The number of aliphatic hydroxyl groups excluding tert-OH is 2. The fourth-order valence-electron chi connectivity index (χ4n) is 2.11. The van der Waals surface area contributed by atoms with Crippen molar-refractivity contribution in [3.63, 3.8) is 0 Å². The van der Waals surface area contributed by atoms with Gasteiger partial charge in [0.2, 0.25) is 0 Å². The van der Waals surface area contributed by atoms with E-state index in [-0.39, 0.29) is 6.61 Å². The molecular formula is C12H16ClNO2. The van der Waals surface area contributed by atoms with Gasteiger partial charge in [-0.2, -0.15) is 0 Å². The number of nitrogens with zero attached hydrogens (tertiary/aromatic N) is 1. The fourth-order valence-corrected chi connectivity index (χ4v) is 2.36. The highest BCUT2D eigenvalue weighted by atomic mass is 35.5. The molecule has 2 N–H and O–H groups in total. The number of benzene rings is 1. The summed E-state index contributed by atoms with van der Waals surface area (Å²) >= 11 is 6.14. The van der Waals surface area contributed by atoms with Crippen LogP contribution in [-0.2, 0) is 13.0 Å². The maximum absolute atomic E-state index is 9.40. The van der Waals surface area contributed by atoms with Crippen LogP contribution < -0.4 is 0 Å². The first-order valence-electron chi connectivity index (χ1n) is 5.48. The molecule has 0 saturated heterocycles. The molecule has 0 aromatic heterocycles. The summed E-state index contributed by atoms with van der Waals surface area (Å²) in [6.07, 6.45) is 0.289. The SMILES string of the molecule is OCC(O)CN1CCc2cccc(Cl)c2C1. The standard InChI is InChI=1S/C12H16ClNO2/c13-12-3-1-2-9-4-5-14(7-11(9)12)6-10(16)8-15/h1-3,10,15-16H,4-8H2. The predicted octanol–water partition coefficient (Wildman–Crippen LogP) is 1.05. The lowest BCUT2D eigenvalue weighted by atomic mass is 9.99. The zero-order valence-corrected chi connectivity index (χ0v) is 9.82. The first kappa shape index (κ1) is 11.9. The first-order chi connectivity index (χ1) is 7.70. The third-order valence-corrected chi connectivity index (χ3v) is 3.33. The van der Waals surface area contributed by atoms with E-state index in [1.807, 2.05) is 12.1 Å². The summed E-state index contributed by atoms with van der Waals surface area (Å²) in [5.41, 5.74) is 2.45. The maximum atomic E-state index is 9.40. The maximum Gasteiger partial charge on any atom is 0.0897 e. The Morgan fingerprint density at radius 3 is 3.00 bits per heavy atom. The minimum atomic E-state index is -0.663. The van der Waals surface area contributed by atoms with E-state index >= 15 is 0 Å². The number of aliphatic hydroxyl groups is 2. The van der Waals surface area contributed by atoms with Crippen molar-refractivity contribution in [2.45, 2.75) is 19.1 Å². The van der Waals surface area contributed by atoms with Crippen molar-refractivity contribution in [1.29, 1.82) is 0 Å². The van der Waals surface area contributed by atoms with Gasteiger partial charge in [-0.25, -0.2) is 0 Å². The van der Waals surface area contributed by atoms with Crippen molar-refractivity contribution >= 4 is 11.6 Å². The van der Waals surface area contributed by atoms with Gasteiger partial charge in [-0.15, -0.1) is 0 Å². The lowest BCUT2D eigenvalue weighted by Gasteiger charge is -2.30. The smallest absolute Gasteiger partial charge is 0.0897 e. The third kappa shape index (κ3) is 2.55. The minimum absolute atomic E-state index is 0.189. The van der Waals surface area contributed by atoms with Crippen molar-refractivity contribution in [2.75, 3.05) is 19.7 Å². The Hall–Kier alpha value is -0.610. The number of rotatable bonds is 3. The van der Waals surface area contributed by atoms with Crippen molar-refractivity contribution < 1.29 is 10.2 Å². The molecule has 0 spiro atoms. The Balaban J connectivity index is 2.08. The summed E-state index contributed by atoms with van der Waals surface area (Å²) in [6, 6.07) is 5.97. The van der Waals surface area contributed by atoms with Crippen LogP contribution in [0.25, 0.3) is 0 Å². The molecule has 4 heteroatoms. The van der Waals surface area contributed by atoms with Gasteiger partial charge in [0, 0.05) is 24.7 Å². The highest BCUT2D eigenvalue weighted by Gasteiger charge is 2.19. The molecule has 0 fully saturated rings. The topological polar surface area (TPSA) is 43.7 Å². The second-order valence-corrected chi connectivity index (χ2v) is 4.61. The van der Waals surface area contributed by atoms with Crippen molar-refractivity contribution in [2.24, 2.45) is 0 Å². The van der Waals surface area contributed by atoms with Crippen LogP contribution in [0.1, 0.15) is 11.1 Å². The van der Waals surface area contributed by atoms with Crippen LogP contribution >= 0.6 is 11.6 Å². The summed E-state index contributed by atoms with van der Waals surface area (Å²) in [7, 11) is 0. The summed E-state index contributed by atoms with van der Waals surface area (Å²) in [5.74, 6) is 0. The highest BCUT2D eigenvalue weighted by molar-refractivity contribution is 6.31. The van der Waals surface area contributed by atoms with Gasteiger partial charge >= 0.3 is 0 Å². The molecule has 1 atom stereocenters. The zero-order chi connectivity index (χ0) is 11.5. The van der Waals surface area contributed by atoms with Crippen LogP contribution in [0.15, 0.2) is 18.2 Å². The molecule has 88 valence electrons. The molecule has 0 radical (unpaired) electrons. The van der Waals surface area contributed by atoms with Gasteiger partial charge in [-0.3, -0.25) is 4.90 Å². The van der Waals surface area contributed by atoms with E-state index in [4.69, 9.17) is 16.7 Å². The van der Waals surface area contributed by atoms with Crippen LogP contribution in [0.5, 0.6) is 0 Å². The molecule has 1 aliphatic heterocycles. The predicted molar refractivity (Wildman–Crippen MR) is 63.5 cm³/mol. The lowest BCUT2D eigenvalue weighted by Crippen LogP contribution is -2.38. The summed E-state index contributed by atoms with van der Waals surface area (Å²) in [4.78, 5) is 2.12. The largest absolute Gasteiger partial charge is 0.394 e. The Morgan fingerprint density at radius 1 is 1.44 bits per heavy atom. The minimum Gasteiger partial charge on any atom is -0.394 e. The van der Waals surface area contributed by atoms with E-state index in [9.17, 15) is 5.11 Å². The molecule has 1 aromatic carbocycles. The van der Waals surface area contributed by atoms with Crippen molar-refractivity contribution in [3.05, 3.63) is 34.3 Å². The number of β-amino-alcohol motifs (C(OH)–C–C–N with tert-alkyl or cyclic N) is 1. The van der Waals surface area contributed by atoms with Gasteiger partial charge in [0.1, 0.15) is 0 Å². The molecule has 0 saturated carbocycles. The zero-order valence-electron chi connectivity index (χ0n) is 9.06. The van der Waals surface area contributed by atoms with Gasteiger partial charge in [-0.05, 0) is 23.6 Å². The summed E-state index contributed by atoms with van der Waals surface area (Å²) in [6.45, 7) is 1.98. The molecule has 0 aliphatic carbocycles. The third-order valence-electron chi connectivity index (χ3n) is 2.97. The van der Waals surface area contributed by atoms with Crippen molar-refractivity contribution in [3.8, 4) is 0 Å². The normalized spacial score (nSPS) is 18.2. The molecule has 0 bridgehead atoms. The van der Waals surface area contributed by atoms with Gasteiger partial charge in [0.25, 0.3) is 0 Å². The van der Waals surface area contributed by atoms with Crippen LogP contribution in [-0.4, -0.2) is 40.9 Å². The van der Waals surface area contributed by atoms with E-state index < -0.39 is 6.10 Å². The Bertz CT molecular complexity index is 370. The highest BCUT2D eigenvalue weighted by Crippen LogP contribution is 2.25. The summed E-state index contributed by atoms with van der Waals surface area (Å²) < 4.78 is 0. The average Bonchev–Trinajstić information content (AvgIpc) is 2.30. The van der Waals surface area contributed by atoms with E-state index in [1.165, 1.54) is 5.56 Å². The first-order valence-corrected chi connectivity index (χ1v) is 5.86. The van der Waals surface area contributed by atoms with Gasteiger partial charge in [-0.1, -0.05) is 23.7 Å². The number of halogens is 1. The Labute approximate surface area is 100 Å². The van der Waals surface area contributed by atoms with Crippen LogP contribution in [0.2, 0.25) is 5.02 Å². The quantitative estimate of drug-likeness (QED) is 0.832. The summed E-state index contributed by atoms with van der Waals surface area (Å²) in [5, 5.41) is 19.0. The fraction of sp³-hybridized carbons (Fsp3) is 0.500. The molecule has 1 aromatic rings. The van der Waals surface area contributed by atoms with E-state index in [0.717, 1.165) is 30.1 Å². The second kappa shape index (κ2) is 5.15. The van der Waals surface area contributed by atoms with E-state index in [0.29, 0.717) is 6.54 Å². The lowest BCUT2D eigenvalue weighted by molar-refractivity contribution is 0.0551. The Kier molecular flexibility index (Phi) is 3.82. The van der Waals surface area contributed by atoms with Crippen LogP contribution in [0.3, 0.4) is 0 Å². The molecule has 3 nitrogen and oxygen atoms in total. The Morgan fingerprint density at radius 2 is 2.25 bits per heavy atom. The number of fused-ring (bicyclic) bond motifs is 1. The van der Waals surface area contributed by atoms with E-state index in [2.05, 4.69) is 11.0 Å². The number of hydrogen-bond acceptors (Lipinski definition) is 3. The van der Waals surface area contributed by atoms with Crippen molar-refractivity contribution in [1.82, 2.24) is 4.90 Å². The second-order valence-electron chi connectivity index (χ2n) is 4.20. The number of hydrogen-bond donors (Lipinski definition) is 2. The molecule has 16 heavy (non-hydrogen) atoms. The molecule has 1 unspecified atom stereocenters. The van der Waals surface area contributed by atoms with Gasteiger partial charge < -0.3 is 10.2 Å². The van der Waals surface area contributed by atoms with E-state index in [1.54, 1.807) is 0 Å².